The molecule has 1 saturated heterocycles. The normalized spacial score (nSPS) is 13.9. The second kappa shape index (κ2) is 8.33. The molecule has 0 unspecified atom stereocenters. The average Bonchev–Trinajstić information content (AvgIpc) is 2.99. The highest BCUT2D eigenvalue weighted by Gasteiger charge is 2.22. The Kier molecular flexibility index (Phi) is 6.17. The van der Waals surface area contributed by atoms with Crippen molar-refractivity contribution < 1.29 is 24.2 Å². The van der Waals surface area contributed by atoms with Crippen molar-refractivity contribution in [3.63, 3.8) is 0 Å². The van der Waals surface area contributed by atoms with Crippen molar-refractivity contribution in [1.29, 1.82) is 0 Å². The van der Waals surface area contributed by atoms with Crippen LogP contribution in [0.1, 0.15) is 26.2 Å². The highest BCUT2D eigenvalue weighted by Crippen LogP contribution is 2.25. The van der Waals surface area contributed by atoms with Gasteiger partial charge < -0.3 is 19.6 Å². The van der Waals surface area contributed by atoms with Crippen LogP contribution < -0.4 is 9.64 Å². The third kappa shape index (κ3) is 4.71. The van der Waals surface area contributed by atoms with Crippen LogP contribution in [0, 0.1) is 0 Å². The molecule has 1 aromatic carbocycles. The maximum absolute atomic E-state index is 12.1. The Bertz CT molecular complexity index is 617. The number of ether oxygens (including phenoxy) is 1. The molecule has 1 fully saturated rings. The van der Waals surface area contributed by atoms with E-state index in [0.29, 0.717) is 25.3 Å². The van der Waals surface area contributed by atoms with Crippen molar-refractivity contribution in [2.75, 3.05) is 31.1 Å². The fraction of sp³-hybridized carbons (Fsp3) is 0.471. The zero-order valence-electron chi connectivity index (χ0n) is 13.7. The summed E-state index contributed by atoms with van der Waals surface area (Å²) in [7, 11) is 0. The van der Waals surface area contributed by atoms with E-state index >= 15 is 0 Å². The van der Waals surface area contributed by atoms with E-state index in [1.165, 1.54) is 4.90 Å². The SMILES string of the molecule is CCN(CCC(=O)O)C(=O)COc1cccc(N2CCCC2=O)c1. The third-order valence-corrected chi connectivity index (χ3v) is 3.90. The maximum atomic E-state index is 12.1. The lowest BCUT2D eigenvalue weighted by molar-refractivity contribution is -0.139. The molecule has 2 rings (SSSR count). The number of hydrogen-bond acceptors (Lipinski definition) is 4. The van der Waals surface area contributed by atoms with E-state index in [1.807, 2.05) is 6.07 Å². The summed E-state index contributed by atoms with van der Waals surface area (Å²) in [5, 5.41) is 8.70. The zero-order valence-corrected chi connectivity index (χ0v) is 13.7. The fourth-order valence-electron chi connectivity index (χ4n) is 2.59. The van der Waals surface area contributed by atoms with Gasteiger partial charge in [0.05, 0.1) is 6.42 Å². The number of carbonyl (C=O) groups excluding carboxylic acids is 2. The van der Waals surface area contributed by atoms with E-state index in [9.17, 15) is 14.4 Å². The van der Waals surface area contributed by atoms with Gasteiger partial charge in [0.25, 0.3) is 5.91 Å². The van der Waals surface area contributed by atoms with Gasteiger partial charge in [-0.15, -0.1) is 0 Å². The van der Waals surface area contributed by atoms with Crippen LogP contribution in [0.25, 0.3) is 0 Å². The molecule has 0 atom stereocenters. The van der Waals surface area contributed by atoms with E-state index < -0.39 is 5.97 Å². The quantitative estimate of drug-likeness (QED) is 0.779. The number of aliphatic carboxylic acids is 1. The van der Waals surface area contributed by atoms with Crippen molar-refractivity contribution >= 4 is 23.5 Å². The van der Waals surface area contributed by atoms with Crippen molar-refractivity contribution in [3.05, 3.63) is 24.3 Å². The molecule has 1 aromatic rings. The Balaban J connectivity index is 1.92. The van der Waals surface area contributed by atoms with Crippen LogP contribution in [0.3, 0.4) is 0 Å². The molecule has 1 heterocycles. The highest BCUT2D eigenvalue weighted by atomic mass is 16.5. The van der Waals surface area contributed by atoms with Gasteiger partial charge in [0, 0.05) is 37.8 Å². The monoisotopic (exact) mass is 334 g/mol. The Morgan fingerprint density at radius 2 is 2.17 bits per heavy atom. The molecule has 1 aliphatic rings. The molecule has 1 N–H and O–H groups in total. The van der Waals surface area contributed by atoms with Gasteiger partial charge in [0.15, 0.2) is 6.61 Å². The largest absolute Gasteiger partial charge is 0.484 e. The highest BCUT2D eigenvalue weighted by molar-refractivity contribution is 5.95. The summed E-state index contributed by atoms with van der Waals surface area (Å²) in [6.07, 6.45) is 1.31. The van der Waals surface area contributed by atoms with E-state index in [2.05, 4.69) is 0 Å². The molecule has 7 heteroatoms. The summed E-state index contributed by atoms with van der Waals surface area (Å²) in [6, 6.07) is 7.08. The molecule has 2 amide bonds. The van der Waals surface area contributed by atoms with Crippen molar-refractivity contribution in [2.45, 2.75) is 26.2 Å². The standard InChI is InChI=1S/C17H22N2O5/c1-2-18(10-8-17(22)23)16(21)12-24-14-6-3-5-13(11-14)19-9-4-7-15(19)20/h3,5-6,11H,2,4,7-10,12H2,1H3,(H,22,23). The van der Waals surface area contributed by atoms with E-state index in [-0.39, 0.29) is 31.4 Å². The number of carboxylic acids is 1. The summed E-state index contributed by atoms with van der Waals surface area (Å²) >= 11 is 0. The number of hydrogen-bond donors (Lipinski definition) is 1. The summed E-state index contributed by atoms with van der Waals surface area (Å²) in [5.74, 6) is -0.601. The predicted molar refractivity (Wildman–Crippen MR) is 88.0 cm³/mol. The fourth-order valence-corrected chi connectivity index (χ4v) is 2.59. The Morgan fingerprint density at radius 3 is 2.79 bits per heavy atom. The smallest absolute Gasteiger partial charge is 0.305 e. The van der Waals surface area contributed by atoms with Crippen LogP contribution >= 0.6 is 0 Å². The van der Waals surface area contributed by atoms with Gasteiger partial charge in [0.1, 0.15) is 5.75 Å². The molecule has 1 aliphatic heterocycles. The molecule has 0 spiro atoms. The molecule has 24 heavy (non-hydrogen) atoms. The van der Waals surface area contributed by atoms with Crippen molar-refractivity contribution in [2.24, 2.45) is 0 Å². The minimum atomic E-state index is -0.940. The number of anilines is 1. The lowest BCUT2D eigenvalue weighted by Crippen LogP contribution is -2.36. The van der Waals surface area contributed by atoms with Gasteiger partial charge in [-0.2, -0.15) is 0 Å². The van der Waals surface area contributed by atoms with Crippen LogP contribution in [0.15, 0.2) is 24.3 Å². The molecule has 130 valence electrons. The van der Waals surface area contributed by atoms with Gasteiger partial charge >= 0.3 is 5.97 Å². The van der Waals surface area contributed by atoms with Crippen LogP contribution in [0.2, 0.25) is 0 Å². The van der Waals surface area contributed by atoms with Gasteiger partial charge in [-0.05, 0) is 25.5 Å². The summed E-state index contributed by atoms with van der Waals surface area (Å²) in [5.41, 5.74) is 0.765. The van der Waals surface area contributed by atoms with Crippen LogP contribution in [-0.2, 0) is 14.4 Å². The van der Waals surface area contributed by atoms with Crippen LogP contribution in [-0.4, -0.2) is 54.0 Å². The van der Waals surface area contributed by atoms with E-state index in [1.54, 1.807) is 30.0 Å². The first-order valence-corrected chi connectivity index (χ1v) is 8.04. The molecular weight excluding hydrogens is 312 g/mol. The summed E-state index contributed by atoms with van der Waals surface area (Å²) in [4.78, 5) is 37.6. The molecule has 0 bridgehead atoms. The van der Waals surface area contributed by atoms with Crippen molar-refractivity contribution in [3.8, 4) is 5.75 Å². The molecule has 7 nitrogen and oxygen atoms in total. The molecule has 0 aromatic heterocycles. The van der Waals surface area contributed by atoms with Gasteiger partial charge in [-0.3, -0.25) is 14.4 Å². The first kappa shape index (κ1) is 17.8. The van der Waals surface area contributed by atoms with Crippen molar-refractivity contribution in [1.82, 2.24) is 4.90 Å². The number of rotatable bonds is 8. The Morgan fingerprint density at radius 1 is 1.38 bits per heavy atom. The van der Waals surface area contributed by atoms with E-state index in [4.69, 9.17) is 9.84 Å². The second-order valence-electron chi connectivity index (χ2n) is 5.55. The van der Waals surface area contributed by atoms with Gasteiger partial charge in [0.2, 0.25) is 5.91 Å². The minimum absolute atomic E-state index is 0.0911. The molecule has 0 aliphatic carbocycles. The lowest BCUT2D eigenvalue weighted by Gasteiger charge is -2.20. The minimum Gasteiger partial charge on any atom is -0.484 e. The van der Waals surface area contributed by atoms with Gasteiger partial charge in [-0.1, -0.05) is 6.07 Å². The number of amides is 2. The van der Waals surface area contributed by atoms with Crippen LogP contribution in [0.5, 0.6) is 5.75 Å². The zero-order chi connectivity index (χ0) is 17.5. The van der Waals surface area contributed by atoms with Crippen LogP contribution in [0.4, 0.5) is 5.69 Å². The number of nitrogens with zero attached hydrogens (tertiary/aromatic N) is 2. The second-order valence-corrected chi connectivity index (χ2v) is 5.55. The Hall–Kier alpha value is -2.57. The number of likely N-dealkylation sites (N-methyl/N-ethyl adjacent to an activating group) is 1. The number of benzene rings is 1. The first-order valence-electron chi connectivity index (χ1n) is 8.04. The van der Waals surface area contributed by atoms with Gasteiger partial charge in [-0.25, -0.2) is 0 Å². The number of carboxylic acid groups (broad SMARTS) is 1. The lowest BCUT2D eigenvalue weighted by atomic mass is 10.3. The predicted octanol–water partition coefficient (Wildman–Crippen LogP) is 1.52. The average molecular weight is 334 g/mol. The molecule has 0 saturated carbocycles. The Labute approximate surface area is 140 Å². The number of carbonyl (C=O) groups is 3. The third-order valence-electron chi connectivity index (χ3n) is 3.90. The summed E-state index contributed by atoms with van der Waals surface area (Å²) in [6.45, 7) is 2.92. The first-order chi connectivity index (χ1) is 11.5. The topological polar surface area (TPSA) is 87.2 Å². The molecular formula is C17H22N2O5. The maximum Gasteiger partial charge on any atom is 0.305 e. The van der Waals surface area contributed by atoms with E-state index in [0.717, 1.165) is 12.1 Å². The molecule has 0 radical (unpaired) electrons. The summed E-state index contributed by atoms with van der Waals surface area (Å²) < 4.78 is 5.52.